The molecule has 0 radical (unpaired) electrons. The molecular weight excluding hydrogens is 206 g/mol. The molecule has 2 aromatic rings. The Morgan fingerprint density at radius 3 is 2.94 bits per heavy atom. The summed E-state index contributed by atoms with van der Waals surface area (Å²) in [5.41, 5.74) is 4.25. The number of aryl methyl sites for hydroxylation is 1. The lowest BCUT2D eigenvalue weighted by Crippen LogP contribution is -2.01. The van der Waals surface area contributed by atoms with E-state index in [2.05, 4.69) is 48.3 Å². The minimum absolute atomic E-state index is 0.620. The maximum Gasteiger partial charge on any atom is 0.0459 e. The van der Waals surface area contributed by atoms with Gasteiger partial charge in [-0.25, -0.2) is 0 Å². The number of aromatic amines is 1. The fourth-order valence-corrected chi connectivity index (χ4v) is 2.97. The Hall–Kier alpha value is -1.50. The number of hydrogen-bond donors (Lipinski definition) is 1. The second-order valence-electron chi connectivity index (χ2n) is 4.88. The van der Waals surface area contributed by atoms with Gasteiger partial charge in [0.2, 0.25) is 0 Å². The van der Waals surface area contributed by atoms with Crippen LogP contribution in [0.3, 0.4) is 0 Å². The van der Waals surface area contributed by atoms with Crippen molar-refractivity contribution in [2.45, 2.75) is 38.5 Å². The van der Waals surface area contributed by atoms with E-state index in [1.165, 1.54) is 35.9 Å². The molecule has 0 bridgehead atoms. The zero-order valence-electron chi connectivity index (χ0n) is 10.4. The van der Waals surface area contributed by atoms with Gasteiger partial charge in [0.1, 0.15) is 0 Å². The summed E-state index contributed by atoms with van der Waals surface area (Å²) in [5.74, 6) is 0.620. The van der Waals surface area contributed by atoms with Crippen molar-refractivity contribution in [3.05, 3.63) is 47.7 Å². The lowest BCUT2D eigenvalue weighted by Gasteiger charge is -2.17. The Labute approximate surface area is 103 Å². The van der Waals surface area contributed by atoms with Gasteiger partial charge in [-0.2, -0.15) is 0 Å². The Balaban J connectivity index is 2.18. The summed E-state index contributed by atoms with van der Waals surface area (Å²) >= 11 is 0. The van der Waals surface area contributed by atoms with Crippen molar-refractivity contribution >= 4 is 10.9 Å². The standard InChI is InChI=1S/C16H19N/c1-2-14-16(12-8-4-3-5-9-12)13-10-6-7-11-15(13)17-14/h4,6-8,10-12,17H,2-3,5,9H2,1H3. The second-order valence-corrected chi connectivity index (χ2v) is 4.88. The van der Waals surface area contributed by atoms with Crippen molar-refractivity contribution in [1.29, 1.82) is 0 Å². The molecule has 0 aliphatic heterocycles. The summed E-state index contributed by atoms with van der Waals surface area (Å²) in [4.78, 5) is 3.58. The summed E-state index contributed by atoms with van der Waals surface area (Å²) in [6.07, 6.45) is 9.71. The van der Waals surface area contributed by atoms with Crippen molar-refractivity contribution in [1.82, 2.24) is 4.98 Å². The number of fused-ring (bicyclic) bond motifs is 1. The monoisotopic (exact) mass is 225 g/mol. The Bertz CT molecular complexity index is 548. The maximum absolute atomic E-state index is 3.58. The molecule has 1 N–H and O–H groups in total. The number of hydrogen-bond acceptors (Lipinski definition) is 0. The molecule has 0 saturated carbocycles. The third kappa shape index (κ3) is 1.80. The first-order valence-corrected chi connectivity index (χ1v) is 6.66. The molecular formula is C16H19N. The lowest BCUT2D eigenvalue weighted by atomic mass is 9.87. The van der Waals surface area contributed by atoms with Crippen LogP contribution in [0.5, 0.6) is 0 Å². The van der Waals surface area contributed by atoms with Crippen molar-refractivity contribution in [2.24, 2.45) is 0 Å². The van der Waals surface area contributed by atoms with Crippen LogP contribution in [0.25, 0.3) is 10.9 Å². The van der Waals surface area contributed by atoms with Crippen LogP contribution in [0.15, 0.2) is 36.4 Å². The zero-order chi connectivity index (χ0) is 11.7. The summed E-state index contributed by atoms with van der Waals surface area (Å²) in [5, 5.41) is 1.42. The fourth-order valence-electron chi connectivity index (χ4n) is 2.97. The summed E-state index contributed by atoms with van der Waals surface area (Å²) in [6, 6.07) is 8.69. The highest BCUT2D eigenvalue weighted by Crippen LogP contribution is 2.35. The Kier molecular flexibility index (Phi) is 2.76. The first-order chi connectivity index (χ1) is 8.40. The molecule has 1 nitrogen and oxygen atoms in total. The first kappa shape index (κ1) is 10.6. The SMILES string of the molecule is CCc1[nH]c2ccccc2c1C1C=CCCC1. The van der Waals surface area contributed by atoms with E-state index in [0.717, 1.165) is 6.42 Å². The molecule has 1 aromatic heterocycles. The van der Waals surface area contributed by atoms with Crippen molar-refractivity contribution in [2.75, 3.05) is 0 Å². The summed E-state index contributed by atoms with van der Waals surface area (Å²) in [6.45, 7) is 2.24. The lowest BCUT2D eigenvalue weighted by molar-refractivity contribution is 0.652. The Morgan fingerprint density at radius 2 is 2.18 bits per heavy atom. The molecule has 0 amide bonds. The molecule has 88 valence electrons. The van der Waals surface area contributed by atoms with Gasteiger partial charge in [-0.15, -0.1) is 0 Å². The molecule has 1 aromatic carbocycles. The third-order valence-corrected chi connectivity index (χ3v) is 3.81. The minimum Gasteiger partial charge on any atom is -0.358 e. The van der Waals surface area contributed by atoms with E-state index in [-0.39, 0.29) is 0 Å². The minimum atomic E-state index is 0.620. The first-order valence-electron chi connectivity index (χ1n) is 6.66. The van der Waals surface area contributed by atoms with Crippen LogP contribution in [0.2, 0.25) is 0 Å². The van der Waals surface area contributed by atoms with Crippen molar-refractivity contribution in [3.63, 3.8) is 0 Å². The molecule has 1 heterocycles. The molecule has 1 heteroatoms. The molecule has 1 aliphatic rings. The molecule has 3 rings (SSSR count). The van der Waals surface area contributed by atoms with E-state index >= 15 is 0 Å². The van der Waals surface area contributed by atoms with Gasteiger partial charge in [-0.3, -0.25) is 0 Å². The molecule has 0 fully saturated rings. The van der Waals surface area contributed by atoms with Crippen molar-refractivity contribution < 1.29 is 0 Å². The van der Waals surface area contributed by atoms with Gasteiger partial charge in [0.05, 0.1) is 0 Å². The van der Waals surface area contributed by atoms with Crippen molar-refractivity contribution in [3.8, 4) is 0 Å². The van der Waals surface area contributed by atoms with Crippen LogP contribution >= 0.6 is 0 Å². The van der Waals surface area contributed by atoms with E-state index in [1.54, 1.807) is 5.56 Å². The van der Waals surface area contributed by atoms with Gasteiger partial charge in [-0.1, -0.05) is 37.3 Å². The van der Waals surface area contributed by atoms with Gasteiger partial charge in [0, 0.05) is 22.5 Å². The summed E-state index contributed by atoms with van der Waals surface area (Å²) in [7, 11) is 0. The highest BCUT2D eigenvalue weighted by molar-refractivity contribution is 5.85. The normalized spacial score (nSPS) is 19.9. The number of nitrogens with one attached hydrogen (secondary N) is 1. The smallest absolute Gasteiger partial charge is 0.0459 e. The maximum atomic E-state index is 3.58. The molecule has 17 heavy (non-hydrogen) atoms. The van der Waals surface area contributed by atoms with E-state index in [0.29, 0.717) is 5.92 Å². The van der Waals surface area contributed by atoms with E-state index < -0.39 is 0 Å². The van der Waals surface area contributed by atoms with Gasteiger partial charge >= 0.3 is 0 Å². The average Bonchev–Trinajstić information content (AvgIpc) is 2.78. The van der Waals surface area contributed by atoms with Crippen LogP contribution in [-0.4, -0.2) is 4.98 Å². The van der Waals surface area contributed by atoms with Gasteiger partial charge in [0.15, 0.2) is 0 Å². The quantitative estimate of drug-likeness (QED) is 0.721. The Morgan fingerprint density at radius 1 is 1.29 bits per heavy atom. The predicted molar refractivity (Wildman–Crippen MR) is 73.4 cm³/mol. The van der Waals surface area contributed by atoms with Crippen LogP contribution in [0, 0.1) is 0 Å². The molecule has 0 spiro atoms. The van der Waals surface area contributed by atoms with E-state index in [9.17, 15) is 0 Å². The third-order valence-electron chi connectivity index (χ3n) is 3.81. The average molecular weight is 225 g/mol. The van der Waals surface area contributed by atoms with E-state index in [4.69, 9.17) is 0 Å². The molecule has 1 aliphatic carbocycles. The highest BCUT2D eigenvalue weighted by atomic mass is 14.7. The highest BCUT2D eigenvalue weighted by Gasteiger charge is 2.18. The fraction of sp³-hybridized carbons (Fsp3) is 0.375. The number of allylic oxidation sites excluding steroid dienone is 2. The number of H-pyrrole nitrogens is 1. The van der Waals surface area contributed by atoms with Crippen LogP contribution in [0.4, 0.5) is 0 Å². The van der Waals surface area contributed by atoms with Crippen LogP contribution < -0.4 is 0 Å². The largest absolute Gasteiger partial charge is 0.358 e. The zero-order valence-corrected chi connectivity index (χ0v) is 10.4. The van der Waals surface area contributed by atoms with Crippen LogP contribution in [0.1, 0.15) is 43.4 Å². The number of rotatable bonds is 2. The predicted octanol–water partition coefficient (Wildman–Crippen LogP) is 4.55. The molecule has 0 saturated heterocycles. The number of benzene rings is 1. The van der Waals surface area contributed by atoms with Crippen LogP contribution in [-0.2, 0) is 6.42 Å². The topological polar surface area (TPSA) is 15.8 Å². The van der Waals surface area contributed by atoms with Gasteiger partial charge in [0.25, 0.3) is 0 Å². The van der Waals surface area contributed by atoms with Gasteiger partial charge in [-0.05, 0) is 37.3 Å². The number of para-hydroxylation sites is 1. The summed E-state index contributed by atoms with van der Waals surface area (Å²) < 4.78 is 0. The molecule has 1 unspecified atom stereocenters. The van der Waals surface area contributed by atoms with E-state index in [1.807, 2.05) is 0 Å². The van der Waals surface area contributed by atoms with Gasteiger partial charge < -0.3 is 4.98 Å². The molecule has 1 atom stereocenters. The number of aromatic nitrogens is 1. The second kappa shape index (κ2) is 4.40.